The molecule has 2 rings (SSSR count). The maximum atomic E-state index is 12.2. The van der Waals surface area contributed by atoms with Crippen molar-refractivity contribution < 1.29 is 19.4 Å². The Hall–Kier alpha value is -2.74. The van der Waals surface area contributed by atoms with Crippen LogP contribution in [0, 0.1) is 0 Å². The van der Waals surface area contributed by atoms with Crippen LogP contribution in [0.15, 0.2) is 30.5 Å². The molecule has 0 spiro atoms. The molecular weight excluding hydrogens is 288 g/mol. The lowest BCUT2D eigenvalue weighted by Gasteiger charge is -2.08. The van der Waals surface area contributed by atoms with Gasteiger partial charge in [0, 0.05) is 12.7 Å². The molecule has 116 valence electrons. The van der Waals surface area contributed by atoms with Gasteiger partial charge in [0.2, 0.25) is 0 Å². The predicted octanol–water partition coefficient (Wildman–Crippen LogP) is 0.439. The number of amides is 1. The van der Waals surface area contributed by atoms with E-state index in [1.54, 1.807) is 19.2 Å². The van der Waals surface area contributed by atoms with Crippen molar-refractivity contribution >= 4 is 11.9 Å². The number of nitrogens with one attached hydrogen (secondary N) is 1. The zero-order valence-electron chi connectivity index (χ0n) is 12.0. The molecule has 0 saturated carbocycles. The van der Waals surface area contributed by atoms with E-state index < -0.39 is 5.97 Å². The highest BCUT2D eigenvalue weighted by Crippen LogP contribution is 2.10. The molecule has 0 unspecified atom stereocenters. The molecule has 0 aliphatic rings. The number of nitrogens with zero attached hydrogens (tertiary/aromatic N) is 3. The Labute approximate surface area is 126 Å². The second-order valence-corrected chi connectivity index (χ2v) is 4.57. The van der Waals surface area contributed by atoms with E-state index in [1.807, 2.05) is 12.1 Å². The first kappa shape index (κ1) is 15.6. The van der Waals surface area contributed by atoms with Gasteiger partial charge in [-0.1, -0.05) is 23.4 Å². The van der Waals surface area contributed by atoms with Crippen molar-refractivity contribution in [3.8, 4) is 0 Å². The number of carboxylic acids is 1. The monoisotopic (exact) mass is 304 g/mol. The Morgan fingerprint density at radius 3 is 2.86 bits per heavy atom. The molecule has 1 aromatic heterocycles. The molecule has 1 amide bonds. The van der Waals surface area contributed by atoms with Crippen LogP contribution in [0.5, 0.6) is 0 Å². The van der Waals surface area contributed by atoms with Crippen molar-refractivity contribution in [1.82, 2.24) is 20.3 Å². The largest absolute Gasteiger partial charge is 0.480 e. The van der Waals surface area contributed by atoms with Gasteiger partial charge in [0.1, 0.15) is 12.2 Å². The molecule has 22 heavy (non-hydrogen) atoms. The number of aromatic nitrogens is 3. The fourth-order valence-electron chi connectivity index (χ4n) is 1.92. The molecule has 2 N–H and O–H groups in total. The number of hydrogen-bond donors (Lipinski definition) is 2. The molecule has 0 aliphatic heterocycles. The molecular formula is C14H16N4O4. The minimum absolute atomic E-state index is 0.166. The standard InChI is InChI=1S/C14H16N4O4/c1-22-9-10-4-2-3-5-12(10)14(21)15-6-11-7-18(17-16-11)8-13(19)20/h2-5,7H,6,8-9H2,1H3,(H,15,21)(H,19,20). The van der Waals surface area contributed by atoms with Crippen LogP contribution >= 0.6 is 0 Å². The molecule has 1 aromatic carbocycles. The summed E-state index contributed by atoms with van der Waals surface area (Å²) in [6.07, 6.45) is 1.48. The van der Waals surface area contributed by atoms with Crippen molar-refractivity contribution in [1.29, 1.82) is 0 Å². The summed E-state index contributed by atoms with van der Waals surface area (Å²) >= 11 is 0. The lowest BCUT2D eigenvalue weighted by molar-refractivity contribution is -0.137. The number of carboxylic acid groups (broad SMARTS) is 1. The number of ether oxygens (including phenoxy) is 1. The number of hydrogen-bond acceptors (Lipinski definition) is 5. The summed E-state index contributed by atoms with van der Waals surface area (Å²) in [5.41, 5.74) is 1.80. The van der Waals surface area contributed by atoms with Crippen LogP contribution in [-0.4, -0.2) is 39.1 Å². The Balaban J connectivity index is 1.98. The molecule has 0 atom stereocenters. The first-order valence-electron chi connectivity index (χ1n) is 6.56. The Morgan fingerprint density at radius 2 is 2.14 bits per heavy atom. The summed E-state index contributed by atoms with van der Waals surface area (Å²) in [5, 5.41) is 18.8. The second kappa shape index (κ2) is 7.32. The third-order valence-corrected chi connectivity index (χ3v) is 2.88. The fourth-order valence-corrected chi connectivity index (χ4v) is 1.92. The van der Waals surface area contributed by atoms with Crippen LogP contribution in [0.3, 0.4) is 0 Å². The molecule has 8 heteroatoms. The lowest BCUT2D eigenvalue weighted by Crippen LogP contribution is -2.24. The van der Waals surface area contributed by atoms with Crippen molar-refractivity contribution in [2.45, 2.75) is 19.7 Å². The molecule has 1 heterocycles. The highest BCUT2D eigenvalue weighted by atomic mass is 16.5. The highest BCUT2D eigenvalue weighted by Gasteiger charge is 2.11. The number of rotatable bonds is 7. The average Bonchev–Trinajstić information content (AvgIpc) is 2.92. The summed E-state index contributed by atoms with van der Waals surface area (Å²) in [4.78, 5) is 22.7. The van der Waals surface area contributed by atoms with Crippen LogP contribution in [0.1, 0.15) is 21.6 Å². The van der Waals surface area contributed by atoms with E-state index in [0.29, 0.717) is 17.9 Å². The van der Waals surface area contributed by atoms with E-state index in [0.717, 1.165) is 5.56 Å². The molecule has 0 aliphatic carbocycles. The van der Waals surface area contributed by atoms with E-state index in [1.165, 1.54) is 10.9 Å². The van der Waals surface area contributed by atoms with Gasteiger partial charge in [-0.3, -0.25) is 9.59 Å². The van der Waals surface area contributed by atoms with Gasteiger partial charge < -0.3 is 15.2 Å². The van der Waals surface area contributed by atoms with Crippen LogP contribution in [0.25, 0.3) is 0 Å². The van der Waals surface area contributed by atoms with Gasteiger partial charge in [-0.15, -0.1) is 5.10 Å². The first-order valence-corrected chi connectivity index (χ1v) is 6.56. The van der Waals surface area contributed by atoms with Crippen molar-refractivity contribution in [2.24, 2.45) is 0 Å². The quantitative estimate of drug-likeness (QED) is 0.768. The summed E-state index contributed by atoms with van der Waals surface area (Å²) in [5.74, 6) is -1.26. The number of benzene rings is 1. The molecule has 0 radical (unpaired) electrons. The van der Waals surface area contributed by atoms with E-state index in [-0.39, 0.29) is 19.0 Å². The van der Waals surface area contributed by atoms with Crippen molar-refractivity contribution in [3.63, 3.8) is 0 Å². The molecule has 0 bridgehead atoms. The number of carbonyl (C=O) groups excluding carboxylic acids is 1. The Morgan fingerprint density at radius 1 is 1.36 bits per heavy atom. The smallest absolute Gasteiger partial charge is 0.325 e. The van der Waals surface area contributed by atoms with Crippen LogP contribution in [0.2, 0.25) is 0 Å². The van der Waals surface area contributed by atoms with Gasteiger partial charge >= 0.3 is 5.97 Å². The Bertz CT molecular complexity index is 668. The summed E-state index contributed by atoms with van der Waals surface area (Å²) in [6, 6.07) is 7.15. The molecule has 0 saturated heterocycles. The normalized spacial score (nSPS) is 10.4. The van der Waals surface area contributed by atoms with Crippen LogP contribution in [0.4, 0.5) is 0 Å². The van der Waals surface area contributed by atoms with Gasteiger partial charge in [-0.2, -0.15) is 0 Å². The van der Waals surface area contributed by atoms with Gasteiger partial charge in [0.15, 0.2) is 0 Å². The van der Waals surface area contributed by atoms with Crippen molar-refractivity contribution in [2.75, 3.05) is 7.11 Å². The SMILES string of the molecule is COCc1ccccc1C(=O)NCc1cn(CC(=O)O)nn1. The summed E-state index contributed by atoms with van der Waals surface area (Å²) < 4.78 is 6.26. The van der Waals surface area contributed by atoms with Crippen LogP contribution in [-0.2, 0) is 29.2 Å². The minimum Gasteiger partial charge on any atom is -0.480 e. The van der Waals surface area contributed by atoms with Gasteiger partial charge in [-0.05, 0) is 11.6 Å². The zero-order valence-corrected chi connectivity index (χ0v) is 12.0. The van der Waals surface area contributed by atoms with Crippen LogP contribution < -0.4 is 5.32 Å². The average molecular weight is 304 g/mol. The third-order valence-electron chi connectivity index (χ3n) is 2.88. The highest BCUT2D eigenvalue weighted by molar-refractivity contribution is 5.95. The molecule has 0 fully saturated rings. The predicted molar refractivity (Wildman–Crippen MR) is 76.0 cm³/mol. The second-order valence-electron chi connectivity index (χ2n) is 4.57. The van der Waals surface area contributed by atoms with Crippen molar-refractivity contribution in [3.05, 3.63) is 47.3 Å². The van der Waals surface area contributed by atoms with Gasteiger partial charge in [0.25, 0.3) is 5.91 Å². The molecule has 8 nitrogen and oxygen atoms in total. The number of carbonyl (C=O) groups is 2. The maximum absolute atomic E-state index is 12.2. The third kappa shape index (κ3) is 4.13. The topological polar surface area (TPSA) is 106 Å². The fraction of sp³-hybridized carbons (Fsp3) is 0.286. The van der Waals surface area contributed by atoms with E-state index >= 15 is 0 Å². The molecule has 2 aromatic rings. The van der Waals surface area contributed by atoms with E-state index in [2.05, 4.69) is 15.6 Å². The van der Waals surface area contributed by atoms with Gasteiger partial charge in [0.05, 0.1) is 19.3 Å². The summed E-state index contributed by atoms with van der Waals surface area (Å²) in [7, 11) is 1.56. The van der Waals surface area contributed by atoms with Gasteiger partial charge in [-0.25, -0.2) is 4.68 Å². The zero-order chi connectivity index (χ0) is 15.9. The van der Waals surface area contributed by atoms with E-state index in [4.69, 9.17) is 9.84 Å². The van der Waals surface area contributed by atoms with E-state index in [9.17, 15) is 9.59 Å². The number of methoxy groups -OCH3 is 1. The number of aliphatic carboxylic acids is 1. The maximum Gasteiger partial charge on any atom is 0.325 e. The summed E-state index contributed by atoms with van der Waals surface area (Å²) in [6.45, 7) is 0.246. The first-order chi connectivity index (χ1) is 10.6. The Kier molecular flexibility index (Phi) is 5.21. The lowest BCUT2D eigenvalue weighted by atomic mass is 10.1. The minimum atomic E-state index is -1.01.